The van der Waals surface area contributed by atoms with Crippen LogP contribution in [0.1, 0.15) is 0 Å². The molecule has 0 aromatic heterocycles. The van der Waals surface area contributed by atoms with Crippen molar-refractivity contribution in [2.75, 3.05) is 4.90 Å². The zero-order chi connectivity index (χ0) is 19.5. The molecule has 0 bridgehead atoms. The molecule has 1 nitrogen and oxygen atoms in total. The number of hydrogen-bond acceptors (Lipinski definition) is 1. The van der Waals surface area contributed by atoms with Crippen LogP contribution in [-0.2, 0) is 0 Å². The zero-order valence-electron chi connectivity index (χ0n) is 16.1. The highest BCUT2D eigenvalue weighted by atomic mass is 15.1. The van der Waals surface area contributed by atoms with Gasteiger partial charge in [0.25, 0.3) is 0 Å². The van der Waals surface area contributed by atoms with Gasteiger partial charge in [-0.3, -0.25) is 0 Å². The molecule has 5 aromatic rings. The normalized spacial score (nSPS) is 10.8. The Kier molecular flexibility index (Phi) is 4.56. The Hall–Kier alpha value is -3.84. The Labute approximate surface area is 171 Å². The molecule has 0 aliphatic carbocycles. The lowest BCUT2D eigenvalue weighted by Crippen LogP contribution is -2.10. The molecule has 138 valence electrons. The molecular weight excluding hydrogens is 350 g/mol. The lowest BCUT2D eigenvalue weighted by Gasteiger charge is -2.27. The Morgan fingerprint density at radius 2 is 0.931 bits per heavy atom. The summed E-state index contributed by atoms with van der Waals surface area (Å²) in [6.07, 6.45) is 0. The predicted octanol–water partition coefficient (Wildman–Crippen LogP) is 7.98. The Bertz CT molecular complexity index is 1220. The van der Waals surface area contributed by atoms with E-state index in [2.05, 4.69) is 132 Å². The van der Waals surface area contributed by atoms with Crippen molar-refractivity contribution in [2.24, 2.45) is 0 Å². The van der Waals surface area contributed by atoms with Gasteiger partial charge in [0, 0.05) is 16.8 Å². The SMILES string of the molecule is c1ccc(-c2ccc(N(c3ccccc3)c3cccc4ccccc34)cc2)cc1. The van der Waals surface area contributed by atoms with Crippen LogP contribution in [0.4, 0.5) is 17.1 Å². The third-order valence-electron chi connectivity index (χ3n) is 5.25. The lowest BCUT2D eigenvalue weighted by atomic mass is 10.0. The average molecular weight is 371 g/mol. The lowest BCUT2D eigenvalue weighted by molar-refractivity contribution is 1.30. The van der Waals surface area contributed by atoms with Crippen molar-refractivity contribution in [1.82, 2.24) is 0 Å². The maximum Gasteiger partial charge on any atom is 0.0540 e. The highest BCUT2D eigenvalue weighted by molar-refractivity contribution is 5.98. The molecule has 0 unspecified atom stereocenters. The first-order chi connectivity index (χ1) is 14.4. The van der Waals surface area contributed by atoms with Gasteiger partial charge in [-0.25, -0.2) is 0 Å². The van der Waals surface area contributed by atoms with E-state index in [1.54, 1.807) is 0 Å². The van der Waals surface area contributed by atoms with Crippen molar-refractivity contribution in [3.05, 3.63) is 127 Å². The second-order valence-electron chi connectivity index (χ2n) is 7.08. The predicted molar refractivity (Wildman–Crippen MR) is 124 cm³/mol. The second kappa shape index (κ2) is 7.65. The maximum atomic E-state index is 2.33. The first-order valence-corrected chi connectivity index (χ1v) is 9.88. The fourth-order valence-corrected chi connectivity index (χ4v) is 3.84. The van der Waals surface area contributed by atoms with Crippen LogP contribution in [0.2, 0.25) is 0 Å². The van der Waals surface area contributed by atoms with E-state index >= 15 is 0 Å². The molecule has 5 rings (SSSR count). The van der Waals surface area contributed by atoms with Crippen LogP contribution in [0, 0.1) is 0 Å². The Balaban J connectivity index is 1.66. The van der Waals surface area contributed by atoms with Gasteiger partial charge in [0.15, 0.2) is 0 Å². The third kappa shape index (κ3) is 3.39. The van der Waals surface area contributed by atoms with Crippen LogP contribution in [-0.4, -0.2) is 0 Å². The van der Waals surface area contributed by atoms with Gasteiger partial charge in [-0.1, -0.05) is 97.1 Å². The van der Waals surface area contributed by atoms with Gasteiger partial charge >= 0.3 is 0 Å². The minimum absolute atomic E-state index is 1.15. The summed E-state index contributed by atoms with van der Waals surface area (Å²) in [5, 5.41) is 2.48. The standard InChI is InChI=1S/C28H21N/c1-3-10-22(11-4-1)23-18-20-26(21-19-23)29(25-14-5-2-6-15-25)28-17-9-13-24-12-7-8-16-27(24)28/h1-21H. The molecule has 0 radical (unpaired) electrons. The Morgan fingerprint density at radius 3 is 1.69 bits per heavy atom. The molecule has 0 saturated heterocycles. The highest BCUT2D eigenvalue weighted by Gasteiger charge is 2.14. The highest BCUT2D eigenvalue weighted by Crippen LogP contribution is 2.39. The van der Waals surface area contributed by atoms with Gasteiger partial charge in [0.1, 0.15) is 0 Å². The van der Waals surface area contributed by atoms with Crippen molar-refractivity contribution < 1.29 is 0 Å². The van der Waals surface area contributed by atoms with Crippen molar-refractivity contribution >= 4 is 27.8 Å². The van der Waals surface area contributed by atoms with E-state index in [0.29, 0.717) is 0 Å². The molecular formula is C28H21N. The summed E-state index contributed by atoms with van der Waals surface area (Å²) >= 11 is 0. The summed E-state index contributed by atoms with van der Waals surface area (Å²) in [5.74, 6) is 0. The van der Waals surface area contributed by atoms with Gasteiger partial charge in [-0.2, -0.15) is 0 Å². The molecule has 1 heteroatoms. The largest absolute Gasteiger partial charge is 0.310 e. The summed E-state index contributed by atoms with van der Waals surface area (Å²) < 4.78 is 0. The summed E-state index contributed by atoms with van der Waals surface area (Å²) in [4.78, 5) is 2.33. The molecule has 0 amide bonds. The zero-order valence-corrected chi connectivity index (χ0v) is 16.1. The fourth-order valence-electron chi connectivity index (χ4n) is 3.84. The number of para-hydroxylation sites is 1. The molecule has 0 atom stereocenters. The number of nitrogens with zero attached hydrogens (tertiary/aromatic N) is 1. The molecule has 0 spiro atoms. The van der Waals surface area contributed by atoms with E-state index in [9.17, 15) is 0 Å². The van der Waals surface area contributed by atoms with E-state index in [4.69, 9.17) is 0 Å². The quantitative estimate of drug-likeness (QED) is 0.309. The summed E-state index contributed by atoms with van der Waals surface area (Å²) in [7, 11) is 0. The minimum atomic E-state index is 1.15. The van der Waals surface area contributed by atoms with Crippen LogP contribution in [0.15, 0.2) is 127 Å². The second-order valence-corrected chi connectivity index (χ2v) is 7.08. The number of rotatable bonds is 4. The van der Waals surface area contributed by atoms with Crippen molar-refractivity contribution in [3.8, 4) is 11.1 Å². The molecule has 5 aromatic carbocycles. The fraction of sp³-hybridized carbons (Fsp3) is 0. The molecule has 0 heterocycles. The van der Waals surface area contributed by atoms with E-state index in [1.165, 1.54) is 27.6 Å². The molecule has 0 N–H and O–H groups in total. The first-order valence-electron chi connectivity index (χ1n) is 9.88. The summed E-state index contributed by atoms with van der Waals surface area (Å²) in [5.41, 5.74) is 5.93. The molecule has 0 saturated carbocycles. The maximum absolute atomic E-state index is 2.33. The van der Waals surface area contributed by atoms with Crippen molar-refractivity contribution in [2.45, 2.75) is 0 Å². The first kappa shape index (κ1) is 17.3. The van der Waals surface area contributed by atoms with Gasteiger partial charge in [0.05, 0.1) is 5.69 Å². The van der Waals surface area contributed by atoms with Crippen LogP contribution in [0.3, 0.4) is 0 Å². The number of fused-ring (bicyclic) bond motifs is 1. The van der Waals surface area contributed by atoms with E-state index in [0.717, 1.165) is 11.4 Å². The number of benzene rings is 5. The summed E-state index contributed by atoms with van der Waals surface area (Å²) in [6.45, 7) is 0. The molecule has 29 heavy (non-hydrogen) atoms. The van der Waals surface area contributed by atoms with Gasteiger partial charge in [-0.15, -0.1) is 0 Å². The number of hydrogen-bond donors (Lipinski definition) is 0. The average Bonchev–Trinajstić information content (AvgIpc) is 2.81. The Morgan fingerprint density at radius 1 is 0.379 bits per heavy atom. The van der Waals surface area contributed by atoms with Crippen molar-refractivity contribution in [1.29, 1.82) is 0 Å². The third-order valence-corrected chi connectivity index (χ3v) is 5.25. The number of anilines is 3. The summed E-state index contributed by atoms with van der Waals surface area (Å²) in [6, 6.07) is 44.9. The monoisotopic (exact) mass is 371 g/mol. The van der Waals surface area contributed by atoms with Crippen LogP contribution in [0.25, 0.3) is 21.9 Å². The van der Waals surface area contributed by atoms with Gasteiger partial charge in [-0.05, 0) is 46.8 Å². The van der Waals surface area contributed by atoms with E-state index in [-0.39, 0.29) is 0 Å². The van der Waals surface area contributed by atoms with E-state index < -0.39 is 0 Å². The molecule has 0 fully saturated rings. The molecule has 0 aliphatic heterocycles. The van der Waals surface area contributed by atoms with Crippen molar-refractivity contribution in [3.63, 3.8) is 0 Å². The molecule has 0 aliphatic rings. The minimum Gasteiger partial charge on any atom is -0.310 e. The van der Waals surface area contributed by atoms with E-state index in [1.807, 2.05) is 0 Å². The van der Waals surface area contributed by atoms with Crippen LogP contribution in [0.5, 0.6) is 0 Å². The van der Waals surface area contributed by atoms with Crippen LogP contribution >= 0.6 is 0 Å². The van der Waals surface area contributed by atoms with Crippen LogP contribution < -0.4 is 4.90 Å². The smallest absolute Gasteiger partial charge is 0.0540 e. The van der Waals surface area contributed by atoms with Gasteiger partial charge < -0.3 is 4.90 Å². The topological polar surface area (TPSA) is 3.24 Å². The van der Waals surface area contributed by atoms with Gasteiger partial charge in [0.2, 0.25) is 0 Å².